The number of hydrogen-bond acceptors (Lipinski definition) is 3. The molecule has 1 aromatic carbocycles. The lowest BCUT2D eigenvalue weighted by Gasteiger charge is -2.07. The van der Waals surface area contributed by atoms with Gasteiger partial charge in [-0.2, -0.15) is 0 Å². The summed E-state index contributed by atoms with van der Waals surface area (Å²) in [6.45, 7) is 2.19. The molecule has 0 bridgehead atoms. The summed E-state index contributed by atoms with van der Waals surface area (Å²) in [4.78, 5) is 23.1. The zero-order chi connectivity index (χ0) is 14.3. The highest BCUT2D eigenvalue weighted by Gasteiger charge is 2.12. The van der Waals surface area contributed by atoms with E-state index < -0.39 is 11.9 Å². The van der Waals surface area contributed by atoms with Crippen LogP contribution in [0.15, 0.2) is 18.2 Å². The Morgan fingerprint density at radius 1 is 1.32 bits per heavy atom. The van der Waals surface area contributed by atoms with Crippen molar-refractivity contribution in [2.45, 2.75) is 19.8 Å². The van der Waals surface area contributed by atoms with Gasteiger partial charge in [0.1, 0.15) is 6.54 Å². The molecule has 1 rings (SSSR count). The second-order valence-corrected chi connectivity index (χ2v) is 4.72. The summed E-state index contributed by atoms with van der Waals surface area (Å²) in [5, 5.41) is 3.13. The third kappa shape index (κ3) is 5.49. The van der Waals surface area contributed by atoms with Crippen LogP contribution in [0, 0.1) is 0 Å². The van der Waals surface area contributed by atoms with E-state index in [1.807, 2.05) is 6.92 Å². The first-order chi connectivity index (χ1) is 9.04. The molecule has 104 valence electrons. The zero-order valence-electron chi connectivity index (χ0n) is 10.5. The van der Waals surface area contributed by atoms with Crippen molar-refractivity contribution >= 4 is 35.1 Å². The van der Waals surface area contributed by atoms with Crippen LogP contribution in [-0.2, 0) is 9.53 Å². The SMILES string of the molecule is CCCCOC(=O)CNC(=O)c1ccc(Cl)cc1Cl. The number of halogens is 2. The van der Waals surface area contributed by atoms with E-state index in [0.717, 1.165) is 12.8 Å². The number of rotatable bonds is 6. The summed E-state index contributed by atoms with van der Waals surface area (Å²) in [5.74, 6) is -0.902. The number of esters is 1. The third-order valence-corrected chi connectivity index (χ3v) is 2.88. The van der Waals surface area contributed by atoms with Gasteiger partial charge in [-0.25, -0.2) is 0 Å². The first-order valence-electron chi connectivity index (χ1n) is 5.93. The number of benzene rings is 1. The summed E-state index contributed by atoms with van der Waals surface area (Å²) < 4.78 is 4.91. The van der Waals surface area contributed by atoms with E-state index in [0.29, 0.717) is 11.6 Å². The van der Waals surface area contributed by atoms with E-state index in [2.05, 4.69) is 5.32 Å². The van der Waals surface area contributed by atoms with Gasteiger partial charge in [0.15, 0.2) is 0 Å². The number of carbonyl (C=O) groups is 2. The van der Waals surface area contributed by atoms with E-state index in [1.165, 1.54) is 12.1 Å². The van der Waals surface area contributed by atoms with Crippen LogP contribution in [0.2, 0.25) is 10.0 Å². The Kier molecular flexibility index (Phi) is 6.67. The second-order valence-electron chi connectivity index (χ2n) is 3.88. The number of carbonyl (C=O) groups excluding carboxylic acids is 2. The maximum atomic E-state index is 11.8. The maximum absolute atomic E-state index is 11.8. The quantitative estimate of drug-likeness (QED) is 0.649. The molecule has 0 unspecified atom stereocenters. The van der Waals surface area contributed by atoms with Gasteiger partial charge in [-0.1, -0.05) is 36.5 Å². The van der Waals surface area contributed by atoms with Crippen molar-refractivity contribution in [3.63, 3.8) is 0 Å². The largest absolute Gasteiger partial charge is 0.464 e. The van der Waals surface area contributed by atoms with Crippen molar-refractivity contribution in [2.24, 2.45) is 0 Å². The molecule has 1 amide bonds. The Labute approximate surface area is 122 Å². The summed E-state index contributed by atoms with van der Waals surface area (Å²) in [5.41, 5.74) is 0.271. The molecule has 0 saturated heterocycles. The van der Waals surface area contributed by atoms with Gasteiger partial charge < -0.3 is 10.1 Å². The highest BCUT2D eigenvalue weighted by Crippen LogP contribution is 2.20. The fourth-order valence-electron chi connectivity index (χ4n) is 1.30. The average molecular weight is 304 g/mol. The highest BCUT2D eigenvalue weighted by atomic mass is 35.5. The maximum Gasteiger partial charge on any atom is 0.325 e. The first kappa shape index (κ1) is 15.8. The van der Waals surface area contributed by atoms with Gasteiger partial charge >= 0.3 is 5.97 Å². The van der Waals surface area contributed by atoms with E-state index in [-0.39, 0.29) is 17.1 Å². The number of hydrogen-bond donors (Lipinski definition) is 1. The summed E-state index contributed by atoms with van der Waals surface area (Å²) >= 11 is 11.6. The molecular weight excluding hydrogens is 289 g/mol. The zero-order valence-corrected chi connectivity index (χ0v) is 12.1. The minimum Gasteiger partial charge on any atom is -0.464 e. The monoisotopic (exact) mass is 303 g/mol. The van der Waals surface area contributed by atoms with Crippen molar-refractivity contribution in [2.75, 3.05) is 13.2 Å². The summed E-state index contributed by atoms with van der Waals surface area (Å²) in [6.07, 6.45) is 1.75. The van der Waals surface area contributed by atoms with Gasteiger partial charge in [0.05, 0.1) is 17.2 Å². The molecule has 0 saturated carbocycles. The van der Waals surface area contributed by atoms with Crippen LogP contribution in [0.5, 0.6) is 0 Å². The van der Waals surface area contributed by atoms with Gasteiger partial charge in [-0.3, -0.25) is 9.59 Å². The number of unbranched alkanes of at least 4 members (excludes halogenated alkanes) is 1. The molecule has 0 atom stereocenters. The molecule has 0 aliphatic carbocycles. The first-order valence-corrected chi connectivity index (χ1v) is 6.69. The normalized spacial score (nSPS) is 10.1. The molecule has 0 aromatic heterocycles. The minimum atomic E-state index is -0.466. The van der Waals surface area contributed by atoms with Crippen LogP contribution >= 0.6 is 23.2 Å². The minimum absolute atomic E-state index is 0.179. The van der Waals surface area contributed by atoms with Gasteiger partial charge in [0.2, 0.25) is 0 Å². The van der Waals surface area contributed by atoms with E-state index in [9.17, 15) is 9.59 Å². The summed E-state index contributed by atoms with van der Waals surface area (Å²) in [6, 6.07) is 4.53. The molecule has 6 heteroatoms. The Balaban J connectivity index is 2.45. The van der Waals surface area contributed by atoms with Crippen LogP contribution < -0.4 is 5.32 Å². The molecule has 1 aromatic rings. The predicted molar refractivity (Wildman–Crippen MR) is 74.7 cm³/mol. The van der Waals surface area contributed by atoms with E-state index >= 15 is 0 Å². The van der Waals surface area contributed by atoms with Crippen molar-refractivity contribution in [3.05, 3.63) is 33.8 Å². The lowest BCUT2D eigenvalue weighted by atomic mass is 10.2. The van der Waals surface area contributed by atoms with E-state index in [1.54, 1.807) is 6.07 Å². The van der Waals surface area contributed by atoms with Crippen molar-refractivity contribution in [1.29, 1.82) is 0 Å². The van der Waals surface area contributed by atoms with Gasteiger partial charge in [0.25, 0.3) is 5.91 Å². The molecule has 4 nitrogen and oxygen atoms in total. The average Bonchev–Trinajstić information content (AvgIpc) is 2.36. The fraction of sp³-hybridized carbons (Fsp3) is 0.385. The molecule has 0 aliphatic rings. The lowest BCUT2D eigenvalue weighted by molar-refractivity contribution is -0.142. The van der Waals surface area contributed by atoms with Crippen LogP contribution in [0.1, 0.15) is 30.1 Å². The summed E-state index contributed by atoms with van der Waals surface area (Å²) in [7, 11) is 0. The molecule has 0 spiro atoms. The molecule has 1 N–H and O–H groups in total. The Morgan fingerprint density at radius 2 is 2.05 bits per heavy atom. The lowest BCUT2D eigenvalue weighted by Crippen LogP contribution is -2.30. The smallest absolute Gasteiger partial charge is 0.325 e. The van der Waals surface area contributed by atoms with Crippen molar-refractivity contribution in [3.8, 4) is 0 Å². The predicted octanol–water partition coefficient (Wildman–Crippen LogP) is 3.07. The second kappa shape index (κ2) is 8.02. The van der Waals surface area contributed by atoms with Crippen LogP contribution in [0.3, 0.4) is 0 Å². The molecular formula is C13H15Cl2NO3. The molecule has 0 aliphatic heterocycles. The standard InChI is InChI=1S/C13H15Cl2NO3/c1-2-3-6-19-12(17)8-16-13(18)10-5-4-9(14)7-11(10)15/h4-5,7H,2-3,6,8H2,1H3,(H,16,18). The number of amides is 1. The van der Waals surface area contributed by atoms with Crippen molar-refractivity contribution < 1.29 is 14.3 Å². The molecule has 0 fully saturated rings. The van der Waals surface area contributed by atoms with Crippen LogP contribution in [0.4, 0.5) is 0 Å². The van der Waals surface area contributed by atoms with Crippen molar-refractivity contribution in [1.82, 2.24) is 5.32 Å². The Hall–Kier alpha value is -1.26. The number of ether oxygens (including phenoxy) is 1. The van der Waals surface area contributed by atoms with Gasteiger partial charge in [-0.15, -0.1) is 0 Å². The fourth-order valence-corrected chi connectivity index (χ4v) is 1.80. The molecule has 0 radical (unpaired) electrons. The molecule has 0 heterocycles. The molecule has 19 heavy (non-hydrogen) atoms. The highest BCUT2D eigenvalue weighted by molar-refractivity contribution is 6.36. The van der Waals surface area contributed by atoms with Crippen LogP contribution in [0.25, 0.3) is 0 Å². The van der Waals surface area contributed by atoms with E-state index in [4.69, 9.17) is 27.9 Å². The van der Waals surface area contributed by atoms with Crippen LogP contribution in [-0.4, -0.2) is 25.0 Å². The van der Waals surface area contributed by atoms with Gasteiger partial charge in [0, 0.05) is 5.02 Å². The Morgan fingerprint density at radius 3 is 2.68 bits per heavy atom. The third-order valence-electron chi connectivity index (χ3n) is 2.33. The topological polar surface area (TPSA) is 55.4 Å². The Bertz CT molecular complexity index is 463. The van der Waals surface area contributed by atoms with Gasteiger partial charge in [-0.05, 0) is 24.6 Å². The number of nitrogens with one attached hydrogen (secondary N) is 1.